The zero-order valence-electron chi connectivity index (χ0n) is 17.8. The number of hydrogen-bond donors (Lipinski definition) is 1. The molecule has 1 aliphatic heterocycles. The maximum Gasteiger partial charge on any atom is 0.312 e. The molecule has 3 aromatic heterocycles. The molecule has 0 aliphatic carbocycles. The van der Waals surface area contributed by atoms with Gasteiger partial charge in [0.2, 0.25) is 12.5 Å². The van der Waals surface area contributed by atoms with Gasteiger partial charge in [-0.1, -0.05) is 17.7 Å². The Morgan fingerprint density at radius 3 is 2.71 bits per heavy atom. The summed E-state index contributed by atoms with van der Waals surface area (Å²) in [6.07, 6.45) is 0. The average Bonchev–Trinajstić information content (AvgIpc) is 3.55. The Morgan fingerprint density at radius 1 is 1.09 bits per heavy atom. The molecular formula is C24H16N4O5S. The monoisotopic (exact) mass is 472 g/mol. The van der Waals surface area contributed by atoms with E-state index in [1.807, 2.05) is 49.4 Å². The third-order valence-corrected chi connectivity index (χ3v) is 6.69. The summed E-state index contributed by atoms with van der Waals surface area (Å²) in [5, 5.41) is 16.8. The summed E-state index contributed by atoms with van der Waals surface area (Å²) in [6, 6.07) is 16.4. The van der Waals surface area contributed by atoms with Gasteiger partial charge in [0, 0.05) is 23.1 Å². The number of aryl methyl sites for hydroxylation is 1. The normalized spacial score (nSPS) is 12.4. The standard InChI is InChI=1S/C24H16N4O5S/c1-12-2-5-14(6-3-12)28-20(24(30)33-27-28)21(29)22-19(25)15-7-8-16(26-23(15)34-22)13-4-9-17-18(10-13)32-11-31-17/h2-10H,11H2,1H3,(H2-,25,27,29,30). The van der Waals surface area contributed by atoms with Crippen LogP contribution in [0.3, 0.4) is 0 Å². The molecule has 0 unspecified atom stereocenters. The van der Waals surface area contributed by atoms with E-state index in [0.717, 1.165) is 22.5 Å². The van der Waals surface area contributed by atoms with Crippen LogP contribution >= 0.6 is 11.3 Å². The number of ketones is 1. The predicted molar refractivity (Wildman–Crippen MR) is 121 cm³/mol. The number of benzene rings is 2. The van der Waals surface area contributed by atoms with Gasteiger partial charge in [-0.15, -0.1) is 11.3 Å². The topological polar surface area (TPSA) is 127 Å². The van der Waals surface area contributed by atoms with Crippen LogP contribution in [0.4, 0.5) is 5.69 Å². The van der Waals surface area contributed by atoms with Crippen molar-refractivity contribution in [2.24, 2.45) is 0 Å². The van der Waals surface area contributed by atoms with Crippen LogP contribution in [0.5, 0.6) is 17.4 Å². The third-order valence-electron chi connectivity index (χ3n) is 5.57. The molecule has 2 aromatic carbocycles. The molecule has 10 heteroatoms. The van der Waals surface area contributed by atoms with E-state index in [9.17, 15) is 9.90 Å². The van der Waals surface area contributed by atoms with Gasteiger partial charge in [0.25, 0.3) is 5.78 Å². The van der Waals surface area contributed by atoms with E-state index in [0.29, 0.717) is 33.1 Å². The molecule has 0 radical (unpaired) electrons. The maximum absolute atomic E-state index is 13.4. The Hall–Kier alpha value is -4.44. The molecule has 168 valence electrons. The van der Waals surface area contributed by atoms with Gasteiger partial charge in [0.1, 0.15) is 9.71 Å². The second kappa shape index (κ2) is 7.56. The van der Waals surface area contributed by atoms with Crippen LogP contribution in [0.1, 0.15) is 20.9 Å². The van der Waals surface area contributed by atoms with Gasteiger partial charge in [-0.3, -0.25) is 4.79 Å². The van der Waals surface area contributed by atoms with Gasteiger partial charge < -0.3 is 24.8 Å². The summed E-state index contributed by atoms with van der Waals surface area (Å²) in [5.41, 5.74) is 9.44. The van der Waals surface area contributed by atoms with Crippen molar-refractivity contribution in [3.63, 3.8) is 0 Å². The van der Waals surface area contributed by atoms with Crippen LogP contribution < -0.4 is 25.0 Å². The predicted octanol–water partition coefficient (Wildman–Crippen LogP) is 3.15. The van der Waals surface area contributed by atoms with Crippen molar-refractivity contribution < 1.29 is 28.6 Å². The van der Waals surface area contributed by atoms with Gasteiger partial charge in [0.15, 0.2) is 17.4 Å². The molecule has 0 saturated heterocycles. The highest BCUT2D eigenvalue weighted by molar-refractivity contribution is 7.21. The van der Waals surface area contributed by atoms with Crippen molar-refractivity contribution in [2.75, 3.05) is 12.5 Å². The summed E-state index contributed by atoms with van der Waals surface area (Å²) in [5.74, 6) is -0.0763. The molecule has 9 nitrogen and oxygen atoms in total. The van der Waals surface area contributed by atoms with Crippen molar-refractivity contribution >= 4 is 33.0 Å². The lowest BCUT2D eigenvalue weighted by Gasteiger charge is -2.03. The first-order valence-electron chi connectivity index (χ1n) is 10.3. The SMILES string of the molecule is Cc1ccc(-[n+]2noc([O-])c2C(=O)c2sc3nc(-c4ccc5c(c4)OCO5)ccc3c2N)cc1. The van der Waals surface area contributed by atoms with Crippen molar-refractivity contribution in [3.8, 4) is 34.4 Å². The quantitative estimate of drug-likeness (QED) is 0.312. The number of hydrogen-bond acceptors (Lipinski definition) is 9. The molecule has 34 heavy (non-hydrogen) atoms. The van der Waals surface area contributed by atoms with Crippen molar-refractivity contribution in [1.82, 2.24) is 10.3 Å². The molecule has 0 fully saturated rings. The minimum Gasteiger partial charge on any atom is -0.539 e. The first-order chi connectivity index (χ1) is 16.5. The van der Waals surface area contributed by atoms with Crippen LogP contribution in [0.15, 0.2) is 59.1 Å². The zero-order valence-corrected chi connectivity index (χ0v) is 18.6. The molecule has 0 amide bonds. The molecule has 6 rings (SSSR count). The first-order valence-corrected chi connectivity index (χ1v) is 11.1. The number of pyridine rings is 1. The number of nitrogens with two attached hydrogens (primary N) is 1. The summed E-state index contributed by atoms with van der Waals surface area (Å²) in [4.78, 5) is 18.9. The molecule has 4 heterocycles. The number of carbonyl (C=O) groups excluding carboxylic acids is 1. The highest BCUT2D eigenvalue weighted by atomic mass is 32.1. The third kappa shape index (κ3) is 3.15. The van der Waals surface area contributed by atoms with Crippen LogP contribution in [0.2, 0.25) is 0 Å². The first kappa shape index (κ1) is 20.2. The second-order valence-corrected chi connectivity index (χ2v) is 8.75. The number of anilines is 1. The van der Waals surface area contributed by atoms with Crippen LogP contribution in [0, 0.1) is 6.92 Å². The molecule has 1 aliphatic rings. The summed E-state index contributed by atoms with van der Waals surface area (Å²) in [6.45, 7) is 2.12. The average molecular weight is 472 g/mol. The van der Waals surface area contributed by atoms with Crippen LogP contribution in [-0.2, 0) is 0 Å². The number of rotatable bonds is 4. The van der Waals surface area contributed by atoms with E-state index >= 15 is 0 Å². The number of carbonyl (C=O) groups is 1. The van der Waals surface area contributed by atoms with E-state index in [1.165, 1.54) is 4.68 Å². The highest BCUT2D eigenvalue weighted by Gasteiger charge is 2.32. The number of nitrogen functional groups attached to an aromatic ring is 1. The second-order valence-electron chi connectivity index (χ2n) is 7.75. The Bertz CT molecular complexity index is 1590. The number of nitrogens with zero attached hydrogens (tertiary/aromatic N) is 3. The Balaban J connectivity index is 1.41. The molecule has 5 aromatic rings. The smallest absolute Gasteiger partial charge is 0.312 e. The summed E-state index contributed by atoms with van der Waals surface area (Å²) < 4.78 is 16.8. The number of ether oxygens (including phenoxy) is 2. The van der Waals surface area contributed by atoms with E-state index in [-0.39, 0.29) is 23.1 Å². The Kier molecular flexibility index (Phi) is 4.49. The fraction of sp³-hybridized carbons (Fsp3) is 0.0833. The highest BCUT2D eigenvalue weighted by Crippen LogP contribution is 2.38. The lowest BCUT2D eigenvalue weighted by atomic mass is 10.1. The minimum absolute atomic E-state index is 0.186. The van der Waals surface area contributed by atoms with E-state index in [4.69, 9.17) is 24.7 Å². The van der Waals surface area contributed by atoms with E-state index in [2.05, 4.69) is 5.27 Å². The molecule has 0 saturated carbocycles. The lowest BCUT2D eigenvalue weighted by molar-refractivity contribution is -0.672. The molecular weight excluding hydrogens is 456 g/mol. The van der Waals surface area contributed by atoms with Gasteiger partial charge >= 0.3 is 5.69 Å². The maximum atomic E-state index is 13.4. The lowest BCUT2D eigenvalue weighted by Crippen LogP contribution is -2.39. The van der Waals surface area contributed by atoms with E-state index < -0.39 is 11.7 Å². The number of aromatic nitrogens is 3. The van der Waals surface area contributed by atoms with Crippen LogP contribution in [-0.4, -0.2) is 22.8 Å². The number of thiophene rings is 1. The molecule has 0 atom stereocenters. The number of fused-ring (bicyclic) bond motifs is 2. The Labute approximate surface area is 196 Å². The van der Waals surface area contributed by atoms with Gasteiger partial charge in [-0.25, -0.2) is 4.98 Å². The van der Waals surface area contributed by atoms with Crippen molar-refractivity contribution in [1.29, 1.82) is 0 Å². The summed E-state index contributed by atoms with van der Waals surface area (Å²) >= 11 is 1.12. The minimum atomic E-state index is -0.837. The fourth-order valence-corrected chi connectivity index (χ4v) is 4.82. The molecule has 2 N–H and O–H groups in total. The molecule has 0 spiro atoms. The van der Waals surface area contributed by atoms with Gasteiger partial charge in [0.05, 0.1) is 16.7 Å². The van der Waals surface area contributed by atoms with Crippen molar-refractivity contribution in [3.05, 3.63) is 70.7 Å². The fourth-order valence-electron chi connectivity index (χ4n) is 3.79. The Morgan fingerprint density at radius 2 is 1.88 bits per heavy atom. The van der Waals surface area contributed by atoms with Crippen LogP contribution in [0.25, 0.3) is 27.2 Å². The van der Waals surface area contributed by atoms with Gasteiger partial charge in [-0.05, 0) is 41.9 Å². The van der Waals surface area contributed by atoms with E-state index in [1.54, 1.807) is 12.1 Å². The molecule has 0 bridgehead atoms. The zero-order chi connectivity index (χ0) is 23.4. The largest absolute Gasteiger partial charge is 0.539 e. The summed E-state index contributed by atoms with van der Waals surface area (Å²) in [7, 11) is 0. The van der Waals surface area contributed by atoms with Gasteiger partial charge in [-0.2, -0.15) is 0 Å². The van der Waals surface area contributed by atoms with Crippen molar-refractivity contribution in [2.45, 2.75) is 6.92 Å².